The van der Waals surface area contributed by atoms with Gasteiger partial charge in [0.2, 0.25) is 0 Å². The fraction of sp³-hybridized carbons (Fsp3) is 0.158. The predicted molar refractivity (Wildman–Crippen MR) is 184 cm³/mol. The Morgan fingerprint density at radius 2 is 1.11 bits per heavy atom. The quantitative estimate of drug-likeness (QED) is 0.201. The van der Waals surface area contributed by atoms with E-state index < -0.39 is 26.9 Å². The van der Waals surface area contributed by atoms with Crippen LogP contribution < -0.4 is 5.73 Å². The average Bonchev–Trinajstić information content (AvgIpc) is 3.54. The van der Waals surface area contributed by atoms with Crippen LogP contribution in [0.4, 0.5) is 5.82 Å². The number of hydrogen-bond acceptors (Lipinski definition) is 3. The molecule has 0 saturated carbocycles. The molecule has 0 amide bonds. The second-order valence-corrected chi connectivity index (χ2v) is 27.7. The Morgan fingerprint density at radius 3 is 1.61 bits per heavy atom. The van der Waals surface area contributed by atoms with Gasteiger partial charge in [0, 0.05) is 0 Å². The first-order valence-corrected chi connectivity index (χ1v) is 24.3. The second-order valence-electron chi connectivity index (χ2n) is 12.9. The van der Waals surface area contributed by atoms with E-state index in [1.54, 1.807) is 0 Å². The van der Waals surface area contributed by atoms with Crippen molar-refractivity contribution in [3.63, 3.8) is 0 Å². The summed E-state index contributed by atoms with van der Waals surface area (Å²) in [6, 6.07) is 48.3. The maximum absolute atomic E-state index is 10.9. The second kappa shape index (κ2) is 9.72. The van der Waals surface area contributed by atoms with E-state index in [2.05, 4.69) is 162 Å². The standard InChI is InChI=1S/C38H34GeN4Si/c1-39(2)34(28-19-11-6-12-20-28)33(27-17-9-5-10-18-27)37(29-21-13-7-14-22-29)35-31(25-40)32(26-41)36(42)43(35)44(3,4)38(37,39)30-23-15-8-16-24-30/h5-24H,42H2,1-4H3/t37-,38+/m1/s1. The van der Waals surface area contributed by atoms with Gasteiger partial charge in [0.25, 0.3) is 0 Å². The number of allylic oxidation sites excluding steroid dienone is 1. The molecule has 0 aliphatic carbocycles. The molecule has 44 heavy (non-hydrogen) atoms. The van der Waals surface area contributed by atoms with Gasteiger partial charge in [0.1, 0.15) is 0 Å². The summed E-state index contributed by atoms with van der Waals surface area (Å²) in [6.07, 6.45) is 0. The fourth-order valence-corrected chi connectivity index (χ4v) is 35.5. The van der Waals surface area contributed by atoms with E-state index in [-0.39, 0.29) is 3.87 Å². The van der Waals surface area contributed by atoms with Crippen LogP contribution in [0.25, 0.3) is 9.98 Å². The molecule has 4 aromatic carbocycles. The average molecular weight is 647 g/mol. The zero-order valence-electron chi connectivity index (χ0n) is 25.5. The zero-order chi connectivity index (χ0) is 30.9. The Kier molecular flexibility index (Phi) is 6.24. The molecule has 7 rings (SSSR count). The summed E-state index contributed by atoms with van der Waals surface area (Å²) >= 11 is -3.41. The summed E-state index contributed by atoms with van der Waals surface area (Å²) in [6.45, 7) is 4.85. The van der Waals surface area contributed by atoms with Gasteiger partial charge in [-0.15, -0.1) is 0 Å². The summed E-state index contributed by atoms with van der Waals surface area (Å²) in [7, 11) is -2.78. The molecular formula is C38H34GeN4Si. The number of nitrogen functional groups attached to an aromatic ring is 1. The maximum atomic E-state index is 10.9. The molecular weight excluding hydrogens is 613 g/mol. The topological polar surface area (TPSA) is 78.5 Å². The van der Waals surface area contributed by atoms with E-state index in [0.29, 0.717) is 16.9 Å². The van der Waals surface area contributed by atoms with Crippen LogP contribution in [0.5, 0.6) is 0 Å². The van der Waals surface area contributed by atoms with E-state index in [1.165, 1.54) is 21.1 Å². The van der Waals surface area contributed by atoms with Gasteiger partial charge in [-0.1, -0.05) is 0 Å². The van der Waals surface area contributed by atoms with Gasteiger partial charge in [0.15, 0.2) is 0 Å². The van der Waals surface area contributed by atoms with E-state index in [1.807, 2.05) is 0 Å². The monoisotopic (exact) mass is 648 g/mol. The molecule has 0 radical (unpaired) electrons. The van der Waals surface area contributed by atoms with E-state index >= 15 is 0 Å². The third kappa shape index (κ3) is 3.11. The van der Waals surface area contributed by atoms with Gasteiger partial charge in [-0.3, -0.25) is 0 Å². The Balaban J connectivity index is 1.87. The van der Waals surface area contributed by atoms with E-state index in [0.717, 1.165) is 16.8 Å². The van der Waals surface area contributed by atoms with E-state index in [9.17, 15) is 10.5 Å². The molecule has 1 aromatic heterocycles. The van der Waals surface area contributed by atoms with Gasteiger partial charge in [-0.25, -0.2) is 0 Å². The number of nitrogens with zero attached hydrogens (tertiary/aromatic N) is 3. The Labute approximate surface area is 263 Å². The molecule has 0 spiro atoms. The third-order valence-electron chi connectivity index (χ3n) is 10.6. The molecule has 2 aliphatic rings. The van der Waals surface area contributed by atoms with Crippen LogP contribution in [0.3, 0.4) is 0 Å². The van der Waals surface area contributed by atoms with Crippen LogP contribution in [0, 0.1) is 22.7 Å². The number of rotatable bonds is 4. The van der Waals surface area contributed by atoms with Crippen molar-refractivity contribution in [2.45, 2.75) is 33.9 Å². The molecule has 214 valence electrons. The van der Waals surface area contributed by atoms with Crippen molar-refractivity contribution in [1.29, 1.82) is 10.5 Å². The molecule has 2 N–H and O–H groups in total. The van der Waals surface area contributed by atoms with Gasteiger partial charge in [-0.2, -0.15) is 0 Å². The van der Waals surface area contributed by atoms with Crippen molar-refractivity contribution in [2.24, 2.45) is 0 Å². The molecule has 2 atom stereocenters. The SMILES string of the molecule is C[Si]1(C)n2c(N)c(C#N)c(C#N)c2[C@@]2(c3ccccc3)C(c3ccccc3)=[C](c3ccccc3)[Ge]([CH3])([CH3])[C@]21c1ccccc1. The van der Waals surface area contributed by atoms with Crippen LogP contribution in [-0.4, -0.2) is 25.7 Å². The molecule has 0 unspecified atom stereocenters. The summed E-state index contributed by atoms with van der Waals surface area (Å²) in [5.74, 6) is 5.59. The first kappa shape index (κ1) is 28.2. The number of nitrogens with two attached hydrogens (primary N) is 1. The number of aromatic nitrogens is 1. The number of nitriles is 2. The first-order chi connectivity index (χ1) is 21.2. The van der Waals surface area contributed by atoms with Crippen LogP contribution >= 0.6 is 0 Å². The third-order valence-corrected chi connectivity index (χ3v) is 30.8. The number of hydrogen-bond donors (Lipinski definition) is 1. The van der Waals surface area contributed by atoms with Crippen LogP contribution in [-0.2, 0) is 9.29 Å². The van der Waals surface area contributed by atoms with Gasteiger partial charge < -0.3 is 0 Å². The van der Waals surface area contributed by atoms with Crippen molar-refractivity contribution in [3.05, 3.63) is 160 Å². The Morgan fingerprint density at radius 1 is 0.659 bits per heavy atom. The summed E-state index contributed by atoms with van der Waals surface area (Å²) in [5.41, 5.74) is 14.0. The number of benzene rings is 4. The van der Waals surface area contributed by atoms with Gasteiger partial charge >= 0.3 is 264 Å². The molecule has 6 heteroatoms. The minimum atomic E-state index is -3.41. The van der Waals surface area contributed by atoms with Crippen LogP contribution in [0.15, 0.2) is 121 Å². The normalized spacial score (nSPS) is 22.6. The van der Waals surface area contributed by atoms with Crippen molar-refractivity contribution in [2.75, 3.05) is 5.73 Å². The summed E-state index contributed by atoms with van der Waals surface area (Å²) in [4.78, 5) is 0. The minimum absolute atomic E-state index is 0.297. The van der Waals surface area contributed by atoms with Crippen molar-refractivity contribution in [3.8, 4) is 12.1 Å². The molecule has 4 nitrogen and oxygen atoms in total. The number of fused-ring (bicyclic) bond motifs is 3. The fourth-order valence-electron chi connectivity index (χ4n) is 9.66. The van der Waals surface area contributed by atoms with Crippen LogP contribution in [0.2, 0.25) is 24.6 Å². The van der Waals surface area contributed by atoms with Crippen molar-refractivity contribution < 1.29 is 0 Å². The summed E-state index contributed by atoms with van der Waals surface area (Å²) in [5, 5.41) is 21.4. The van der Waals surface area contributed by atoms with Gasteiger partial charge in [0.05, 0.1) is 0 Å². The first-order valence-electron chi connectivity index (χ1n) is 15.0. The van der Waals surface area contributed by atoms with Gasteiger partial charge in [-0.05, 0) is 0 Å². The van der Waals surface area contributed by atoms with Crippen LogP contribution in [0.1, 0.15) is 39.1 Å². The molecule has 0 fully saturated rings. The molecule has 0 saturated heterocycles. The Hall–Kier alpha value is -4.56. The van der Waals surface area contributed by atoms with Crippen molar-refractivity contribution in [1.82, 2.24) is 4.23 Å². The molecule has 2 aliphatic heterocycles. The van der Waals surface area contributed by atoms with E-state index in [4.69, 9.17) is 5.73 Å². The number of anilines is 1. The molecule has 3 heterocycles. The van der Waals surface area contributed by atoms with Crippen molar-refractivity contribution >= 4 is 37.3 Å². The Bertz CT molecular complexity index is 2030. The summed E-state index contributed by atoms with van der Waals surface area (Å²) < 4.78 is 3.39. The molecule has 0 bridgehead atoms. The zero-order valence-corrected chi connectivity index (χ0v) is 28.6. The molecule has 5 aromatic rings. The predicted octanol–water partition coefficient (Wildman–Crippen LogP) is 8.06.